The molecule has 2 fully saturated rings. The minimum atomic E-state index is -0.866. The molecule has 0 aromatic rings. The predicted molar refractivity (Wildman–Crippen MR) is 199 cm³/mol. The van der Waals surface area contributed by atoms with Crippen LogP contribution in [0.15, 0.2) is 12.3 Å². The fourth-order valence-electron chi connectivity index (χ4n) is 4.81. The van der Waals surface area contributed by atoms with Gasteiger partial charge in [0.2, 0.25) is 11.8 Å². The summed E-state index contributed by atoms with van der Waals surface area (Å²) < 4.78 is 0.196. The van der Waals surface area contributed by atoms with Crippen LogP contribution in [0.25, 0.3) is 0 Å². The van der Waals surface area contributed by atoms with E-state index in [1.807, 2.05) is 21.6 Å². The van der Waals surface area contributed by atoms with Crippen molar-refractivity contribution in [2.75, 3.05) is 6.54 Å². The van der Waals surface area contributed by atoms with Crippen molar-refractivity contribution in [1.82, 2.24) is 16.0 Å². The number of hydrogen-bond donors (Lipinski definition) is 6. The molecular weight excluding hydrogens is 707 g/mol. The maximum Gasteiger partial charge on any atom is 0.320 e. The fourth-order valence-corrected chi connectivity index (χ4v) is 17.8. The van der Waals surface area contributed by atoms with Crippen LogP contribution in [0.2, 0.25) is 0 Å². The standard InChI is InChI=1S/C30H51N3O7S6/c1-22(34)23(32-26(36)17-12-10-8-6-4-2-3-5-7-9-11-13-18-27(37)38)19-20-25(35)31-21-15-14-16-24(28(39)40)33-29-41-43-30(44-42-29)45-46-30/h23-24,29,33-34H,1-21H2,(H,31,35)(H,32,36)(H,37,38)(H,39,40)/t23-,24-/m0/s1. The molecule has 2 saturated heterocycles. The Morgan fingerprint density at radius 1 is 0.630 bits per heavy atom. The van der Waals surface area contributed by atoms with Crippen molar-refractivity contribution in [1.29, 1.82) is 0 Å². The van der Waals surface area contributed by atoms with E-state index in [2.05, 4.69) is 22.5 Å². The lowest BCUT2D eigenvalue weighted by atomic mass is 10.0. The van der Waals surface area contributed by atoms with E-state index < -0.39 is 24.0 Å². The van der Waals surface area contributed by atoms with E-state index in [9.17, 15) is 29.4 Å². The molecule has 0 radical (unpaired) electrons. The highest BCUT2D eigenvalue weighted by Gasteiger charge is 2.52. The minimum Gasteiger partial charge on any atom is -0.511 e. The Hall–Kier alpha value is -0.520. The number of aliphatic carboxylic acids is 2. The summed E-state index contributed by atoms with van der Waals surface area (Å²) in [6.07, 6.45) is 15.7. The maximum absolute atomic E-state index is 12.4. The van der Waals surface area contributed by atoms with E-state index >= 15 is 0 Å². The second-order valence-corrected chi connectivity index (χ2v) is 21.0. The van der Waals surface area contributed by atoms with Gasteiger partial charge in [-0.05, 0) is 81.7 Å². The number of hydrogen-bond acceptors (Lipinski definition) is 12. The number of rotatable bonds is 28. The molecule has 264 valence electrons. The van der Waals surface area contributed by atoms with Gasteiger partial charge in [-0.3, -0.25) is 24.5 Å². The van der Waals surface area contributed by atoms with Crippen molar-refractivity contribution >= 4 is 88.5 Å². The molecule has 2 rings (SSSR count). The highest BCUT2D eigenvalue weighted by Crippen LogP contribution is 2.83. The summed E-state index contributed by atoms with van der Waals surface area (Å²) in [5, 5.41) is 37.0. The Morgan fingerprint density at radius 3 is 1.67 bits per heavy atom. The predicted octanol–water partition coefficient (Wildman–Crippen LogP) is 8.26. The zero-order valence-corrected chi connectivity index (χ0v) is 31.4. The highest BCUT2D eigenvalue weighted by molar-refractivity contribution is 9.14. The van der Waals surface area contributed by atoms with Gasteiger partial charge in [-0.25, -0.2) is 0 Å². The van der Waals surface area contributed by atoms with Gasteiger partial charge in [0, 0.05) is 25.8 Å². The van der Waals surface area contributed by atoms with E-state index in [0.717, 1.165) is 44.9 Å². The molecule has 10 nitrogen and oxygen atoms in total. The number of carboxylic acid groups (broad SMARTS) is 2. The summed E-state index contributed by atoms with van der Waals surface area (Å²) in [5.74, 6) is -2.08. The average molecular weight is 758 g/mol. The van der Waals surface area contributed by atoms with Crippen LogP contribution in [-0.2, 0) is 19.2 Å². The van der Waals surface area contributed by atoms with Crippen molar-refractivity contribution in [3.8, 4) is 0 Å². The molecule has 0 aliphatic carbocycles. The summed E-state index contributed by atoms with van der Waals surface area (Å²) in [6, 6.07) is -1.30. The SMILES string of the molecule is C=C(O)[C@H](CCC(=O)NCCCC[C@H](NC1SSC2(SS1)SS2)C(=O)O)NC(=O)CCCCCCCCCCCCCCC(=O)O. The maximum atomic E-state index is 12.4. The van der Waals surface area contributed by atoms with E-state index in [1.54, 1.807) is 43.2 Å². The molecule has 0 aromatic heterocycles. The van der Waals surface area contributed by atoms with Gasteiger partial charge in [-0.2, -0.15) is 0 Å². The van der Waals surface area contributed by atoms with E-state index in [-0.39, 0.29) is 44.3 Å². The molecule has 2 aliphatic rings. The van der Waals surface area contributed by atoms with Crippen LogP contribution in [0.1, 0.15) is 122 Å². The van der Waals surface area contributed by atoms with Crippen LogP contribution in [0, 0.1) is 0 Å². The monoisotopic (exact) mass is 757 g/mol. The lowest BCUT2D eigenvalue weighted by molar-refractivity contribution is -0.140. The molecule has 0 saturated carbocycles. The second-order valence-electron chi connectivity index (χ2n) is 11.5. The van der Waals surface area contributed by atoms with Crippen molar-refractivity contribution in [3.05, 3.63) is 12.3 Å². The Labute approximate surface area is 297 Å². The van der Waals surface area contributed by atoms with Gasteiger partial charge in [0.25, 0.3) is 0 Å². The Kier molecular flexibility index (Phi) is 22.3. The Bertz CT molecular complexity index is 950. The van der Waals surface area contributed by atoms with E-state index in [1.165, 1.54) is 32.1 Å². The first-order valence-electron chi connectivity index (χ1n) is 16.3. The number of aliphatic hydroxyl groups is 1. The van der Waals surface area contributed by atoms with Gasteiger partial charge < -0.3 is 26.0 Å². The van der Waals surface area contributed by atoms with Crippen LogP contribution in [0.3, 0.4) is 0 Å². The number of carboxylic acids is 2. The Morgan fingerprint density at radius 2 is 1.17 bits per heavy atom. The first-order chi connectivity index (χ1) is 22.1. The number of nitrogens with one attached hydrogen (secondary N) is 3. The molecule has 16 heteroatoms. The normalized spacial score (nSPS) is 16.9. The zero-order valence-electron chi connectivity index (χ0n) is 26.5. The molecule has 2 heterocycles. The van der Waals surface area contributed by atoms with Gasteiger partial charge in [0.1, 0.15) is 16.5 Å². The molecular formula is C30H51N3O7S6. The summed E-state index contributed by atoms with van der Waals surface area (Å²) in [7, 11) is 10.6. The number of aliphatic hydroxyl groups excluding tert-OH is 1. The fraction of sp³-hybridized carbons (Fsp3) is 0.800. The zero-order chi connectivity index (χ0) is 33.6. The summed E-state index contributed by atoms with van der Waals surface area (Å²) >= 11 is 0. The lowest BCUT2D eigenvalue weighted by Gasteiger charge is -2.27. The van der Waals surface area contributed by atoms with Gasteiger partial charge in [0.15, 0.2) is 2.74 Å². The number of carbonyl (C=O) groups excluding carboxylic acids is 2. The van der Waals surface area contributed by atoms with Crippen LogP contribution in [0.5, 0.6) is 0 Å². The van der Waals surface area contributed by atoms with Crippen LogP contribution < -0.4 is 16.0 Å². The third-order valence-electron chi connectivity index (χ3n) is 7.51. The third-order valence-corrected chi connectivity index (χ3v) is 20.9. The van der Waals surface area contributed by atoms with Gasteiger partial charge in [-0.15, -0.1) is 0 Å². The molecule has 2 aliphatic heterocycles. The molecule has 0 aromatic carbocycles. The van der Waals surface area contributed by atoms with Gasteiger partial charge in [-0.1, -0.05) is 92.4 Å². The summed E-state index contributed by atoms with van der Waals surface area (Å²) in [5.41, 5.74) is 0. The average Bonchev–Trinajstić information content (AvgIpc) is 3.77. The topological polar surface area (TPSA) is 165 Å². The largest absolute Gasteiger partial charge is 0.511 e. The number of carbonyl (C=O) groups is 4. The quantitative estimate of drug-likeness (QED) is 0.0196. The smallest absolute Gasteiger partial charge is 0.320 e. The second kappa shape index (κ2) is 24.6. The third kappa shape index (κ3) is 20.1. The first-order valence-corrected chi connectivity index (χ1v) is 22.9. The first kappa shape index (κ1) is 41.7. The summed E-state index contributed by atoms with van der Waals surface area (Å²) in [4.78, 5) is 46.9. The van der Waals surface area contributed by atoms with Gasteiger partial charge in [0.05, 0.1) is 6.04 Å². The van der Waals surface area contributed by atoms with Gasteiger partial charge >= 0.3 is 11.9 Å². The highest BCUT2D eigenvalue weighted by atomic mass is 33.2. The molecule has 6 N–H and O–H groups in total. The Balaban J connectivity index is 1.44. The molecule has 2 atom stereocenters. The lowest BCUT2D eigenvalue weighted by Crippen LogP contribution is -2.41. The van der Waals surface area contributed by atoms with Crippen LogP contribution in [-0.4, -0.2) is 65.2 Å². The minimum absolute atomic E-state index is 0.0188. The number of unbranched alkanes of at least 4 members (excludes halogenated alkanes) is 12. The summed E-state index contributed by atoms with van der Waals surface area (Å²) in [6.45, 7) is 4.00. The van der Waals surface area contributed by atoms with Crippen molar-refractivity contribution in [2.24, 2.45) is 0 Å². The van der Waals surface area contributed by atoms with Crippen LogP contribution in [0.4, 0.5) is 0 Å². The van der Waals surface area contributed by atoms with E-state index in [4.69, 9.17) is 5.11 Å². The molecule has 46 heavy (non-hydrogen) atoms. The van der Waals surface area contributed by atoms with Crippen molar-refractivity contribution in [2.45, 2.75) is 142 Å². The van der Waals surface area contributed by atoms with Crippen LogP contribution >= 0.6 is 64.8 Å². The molecule has 1 spiro atoms. The molecule has 0 unspecified atom stereocenters. The van der Waals surface area contributed by atoms with Crippen molar-refractivity contribution < 1.29 is 34.5 Å². The molecule has 2 amide bonds. The molecule has 0 bridgehead atoms. The number of amides is 2. The van der Waals surface area contributed by atoms with Crippen molar-refractivity contribution in [3.63, 3.8) is 0 Å². The van der Waals surface area contributed by atoms with E-state index in [0.29, 0.717) is 32.2 Å².